The van der Waals surface area contributed by atoms with E-state index < -0.39 is 0 Å². The molecule has 3 atom stereocenters. The Kier molecular flexibility index (Phi) is 3.10. The molecule has 2 nitrogen and oxygen atoms in total. The summed E-state index contributed by atoms with van der Waals surface area (Å²) in [5, 5.41) is 7.81. The van der Waals surface area contributed by atoms with Crippen LogP contribution in [0.25, 0.3) is 0 Å². The number of ether oxygens (including phenoxy) is 1. The first kappa shape index (κ1) is 11.4. The summed E-state index contributed by atoms with van der Waals surface area (Å²) in [6, 6.07) is 0. The van der Waals surface area contributed by atoms with E-state index in [4.69, 9.17) is 10.1 Å². The second-order valence-corrected chi connectivity index (χ2v) is 7.67. The number of halogens is 1. The Morgan fingerprint density at radius 2 is 2.27 bits per heavy atom. The molecule has 1 N–H and O–H groups in total. The summed E-state index contributed by atoms with van der Waals surface area (Å²) >= 11 is 0.0377. The number of hydrogen-bond donors (Lipinski definition) is 1. The number of alkyl halides is 2. The summed E-state index contributed by atoms with van der Waals surface area (Å²) in [5.74, 6) is 1.94. The third kappa shape index (κ3) is 1.95. The molecule has 2 fully saturated rings. The van der Waals surface area contributed by atoms with Crippen LogP contribution in [0.2, 0.25) is 0 Å². The van der Waals surface area contributed by atoms with Gasteiger partial charge >= 0.3 is 102 Å². The van der Waals surface area contributed by atoms with Crippen molar-refractivity contribution in [3.8, 4) is 0 Å². The summed E-state index contributed by atoms with van der Waals surface area (Å²) in [5.41, 5.74) is 0.759. The van der Waals surface area contributed by atoms with Crippen molar-refractivity contribution in [3.05, 3.63) is 12.2 Å². The molecule has 0 aromatic carbocycles. The summed E-state index contributed by atoms with van der Waals surface area (Å²) in [7, 11) is 0. The molecule has 86 valence electrons. The molecule has 3 heteroatoms. The van der Waals surface area contributed by atoms with Crippen LogP contribution >= 0.6 is 0 Å². The van der Waals surface area contributed by atoms with E-state index in [1.807, 2.05) is 6.92 Å². The van der Waals surface area contributed by atoms with Crippen molar-refractivity contribution in [2.24, 2.45) is 11.8 Å². The van der Waals surface area contributed by atoms with E-state index in [1.165, 1.54) is 25.7 Å². The van der Waals surface area contributed by atoms with Gasteiger partial charge in [-0.05, 0) is 0 Å². The predicted octanol–water partition coefficient (Wildman–Crippen LogP) is -0.209. The van der Waals surface area contributed by atoms with E-state index in [2.05, 4.69) is 11.5 Å². The van der Waals surface area contributed by atoms with Crippen LogP contribution < -0.4 is 21.2 Å². The first-order chi connectivity index (χ1) is 7.07. The minimum atomic E-state index is 0.0377. The first-order valence-electron chi connectivity index (χ1n) is 5.51. The monoisotopic (exact) mass is 320 g/mol. The van der Waals surface area contributed by atoms with Crippen LogP contribution in [0.4, 0.5) is 0 Å². The van der Waals surface area contributed by atoms with Gasteiger partial charge in [0.25, 0.3) is 0 Å². The molecule has 3 unspecified atom stereocenters. The van der Waals surface area contributed by atoms with Crippen molar-refractivity contribution in [3.63, 3.8) is 0 Å². The Labute approximate surface area is 102 Å². The molecule has 2 bridgehead atoms. The maximum atomic E-state index is 7.81. The van der Waals surface area contributed by atoms with Gasteiger partial charge in [0.15, 0.2) is 0 Å². The zero-order valence-corrected chi connectivity index (χ0v) is 11.6. The van der Waals surface area contributed by atoms with E-state index in [9.17, 15) is 0 Å². The van der Waals surface area contributed by atoms with Crippen LogP contribution in [0.3, 0.4) is 0 Å². The van der Waals surface area contributed by atoms with Crippen LogP contribution in [0.15, 0.2) is 12.2 Å². The van der Waals surface area contributed by atoms with Crippen molar-refractivity contribution in [1.82, 2.24) is 0 Å². The molecule has 0 spiro atoms. The molecule has 2 saturated carbocycles. The normalized spacial score (nSPS) is 38.3. The molecule has 2 aliphatic carbocycles. The third-order valence-corrected chi connectivity index (χ3v) is 7.06. The Hall–Kier alpha value is -0.0600. The standard InChI is InChI=1S/C12H19INO/c1-8(2)11(14)15-12(13-3)7-9-4-5-10(12)6-9/h9-10,14H,1,4-7H2,2-3H3/q-1. The zero-order valence-electron chi connectivity index (χ0n) is 9.48. The fourth-order valence-electron chi connectivity index (χ4n) is 2.86. The zero-order chi connectivity index (χ0) is 11.1. The average Bonchev–Trinajstić information content (AvgIpc) is 2.77. The molecule has 15 heavy (non-hydrogen) atoms. The van der Waals surface area contributed by atoms with Gasteiger partial charge in [-0.2, -0.15) is 0 Å². The Bertz CT molecular complexity index is 302. The van der Waals surface area contributed by atoms with Gasteiger partial charge in [0.05, 0.1) is 0 Å². The van der Waals surface area contributed by atoms with Crippen LogP contribution in [-0.2, 0) is 4.74 Å². The minimum absolute atomic E-state index is 0.0377. The van der Waals surface area contributed by atoms with Gasteiger partial charge < -0.3 is 0 Å². The molecule has 0 radical (unpaired) electrons. The van der Waals surface area contributed by atoms with Crippen molar-refractivity contribution in [2.75, 3.05) is 4.93 Å². The number of nitrogens with one attached hydrogen (secondary N) is 1. The third-order valence-electron chi connectivity index (χ3n) is 3.70. The fourth-order valence-corrected chi connectivity index (χ4v) is 5.81. The quantitative estimate of drug-likeness (QED) is 0.332. The molecule has 2 rings (SSSR count). The van der Waals surface area contributed by atoms with Crippen LogP contribution in [0.1, 0.15) is 32.6 Å². The molecule has 0 aromatic rings. The Morgan fingerprint density at radius 3 is 2.67 bits per heavy atom. The first-order valence-corrected chi connectivity index (χ1v) is 8.75. The molecule has 0 aliphatic heterocycles. The van der Waals surface area contributed by atoms with Gasteiger partial charge in [-0.25, -0.2) is 0 Å². The molecule has 0 aromatic heterocycles. The number of rotatable bonds is 3. The summed E-state index contributed by atoms with van der Waals surface area (Å²) in [6.45, 7) is 5.65. The van der Waals surface area contributed by atoms with E-state index in [0.29, 0.717) is 5.90 Å². The molecular weight excluding hydrogens is 301 g/mol. The van der Waals surface area contributed by atoms with Gasteiger partial charge in [0.1, 0.15) is 0 Å². The van der Waals surface area contributed by atoms with Crippen molar-refractivity contribution < 1.29 is 25.9 Å². The number of fused-ring (bicyclic) bond motifs is 2. The fraction of sp³-hybridized carbons (Fsp3) is 0.750. The molecular formula is C12H19INO-. The second kappa shape index (κ2) is 4.07. The van der Waals surface area contributed by atoms with Gasteiger partial charge in [0.2, 0.25) is 0 Å². The molecule has 0 amide bonds. The average molecular weight is 320 g/mol. The van der Waals surface area contributed by atoms with Gasteiger partial charge in [-0.15, -0.1) is 0 Å². The van der Waals surface area contributed by atoms with Crippen molar-refractivity contribution in [1.29, 1.82) is 5.41 Å². The van der Waals surface area contributed by atoms with Gasteiger partial charge in [-0.1, -0.05) is 0 Å². The summed E-state index contributed by atoms with van der Waals surface area (Å²) in [6.07, 6.45) is 5.26. The topological polar surface area (TPSA) is 33.1 Å². The number of hydrogen-bond acceptors (Lipinski definition) is 2. The van der Waals surface area contributed by atoms with Gasteiger partial charge in [0, 0.05) is 0 Å². The van der Waals surface area contributed by atoms with E-state index in [0.717, 1.165) is 17.4 Å². The SMILES string of the molecule is C=C(C)C(=N)OC1([I-]C)CC2CCC1C2. The molecule has 0 heterocycles. The molecule has 0 saturated heterocycles. The van der Waals surface area contributed by atoms with Crippen LogP contribution in [0, 0.1) is 17.2 Å². The predicted molar refractivity (Wildman–Crippen MR) is 57.7 cm³/mol. The van der Waals surface area contributed by atoms with Gasteiger partial charge in [-0.3, -0.25) is 0 Å². The summed E-state index contributed by atoms with van der Waals surface area (Å²) in [4.78, 5) is 2.30. The van der Waals surface area contributed by atoms with Crippen LogP contribution in [-0.4, -0.2) is 14.4 Å². The Balaban J connectivity index is 2.10. The van der Waals surface area contributed by atoms with Crippen molar-refractivity contribution >= 4 is 5.90 Å². The maximum absolute atomic E-state index is 7.81. The van der Waals surface area contributed by atoms with E-state index in [-0.39, 0.29) is 24.8 Å². The summed E-state index contributed by atoms with van der Waals surface area (Å²) < 4.78 is 6.06. The Morgan fingerprint density at radius 1 is 1.53 bits per heavy atom. The van der Waals surface area contributed by atoms with Crippen molar-refractivity contribution in [2.45, 2.75) is 36.2 Å². The van der Waals surface area contributed by atoms with E-state index in [1.54, 1.807) is 0 Å². The van der Waals surface area contributed by atoms with Crippen LogP contribution in [0.5, 0.6) is 0 Å². The molecule has 2 aliphatic rings. The second-order valence-electron chi connectivity index (χ2n) is 4.77. The van der Waals surface area contributed by atoms with E-state index >= 15 is 0 Å².